The zero-order valence-corrected chi connectivity index (χ0v) is 10.5. The van der Waals surface area contributed by atoms with Gasteiger partial charge in [0.05, 0.1) is 6.10 Å². The third-order valence-electron chi connectivity index (χ3n) is 2.81. The maximum absolute atomic E-state index is 5.61. The molecule has 0 bridgehead atoms. The van der Waals surface area contributed by atoms with Crippen LogP contribution in [-0.4, -0.2) is 42.8 Å². The predicted molar refractivity (Wildman–Crippen MR) is 67.0 cm³/mol. The molecule has 1 N–H and O–H groups in total. The van der Waals surface area contributed by atoms with Crippen LogP contribution in [0.2, 0.25) is 0 Å². The Morgan fingerprint density at radius 2 is 2.24 bits per heavy atom. The van der Waals surface area contributed by atoms with Crippen LogP contribution in [0.4, 0.5) is 5.95 Å². The van der Waals surface area contributed by atoms with Gasteiger partial charge in [-0.05, 0) is 20.4 Å². The molecule has 2 rings (SSSR count). The summed E-state index contributed by atoms with van der Waals surface area (Å²) in [6.07, 6.45) is 5.05. The smallest absolute Gasteiger partial charge is 0.225 e. The van der Waals surface area contributed by atoms with Gasteiger partial charge in [-0.2, -0.15) is 0 Å². The lowest BCUT2D eigenvalue weighted by Crippen LogP contribution is -2.31. The van der Waals surface area contributed by atoms with Gasteiger partial charge in [0.2, 0.25) is 5.95 Å². The van der Waals surface area contributed by atoms with Gasteiger partial charge in [-0.25, -0.2) is 9.97 Å². The summed E-state index contributed by atoms with van der Waals surface area (Å²) in [7, 11) is 1.92. The number of nitrogens with one attached hydrogen (secondary N) is 1. The number of rotatable bonds is 3. The van der Waals surface area contributed by atoms with E-state index < -0.39 is 0 Å². The Morgan fingerprint density at radius 3 is 2.94 bits per heavy atom. The van der Waals surface area contributed by atoms with Crippen molar-refractivity contribution in [3.05, 3.63) is 18.0 Å². The molecule has 1 fully saturated rings. The van der Waals surface area contributed by atoms with E-state index in [0.717, 1.165) is 44.2 Å². The van der Waals surface area contributed by atoms with Crippen LogP contribution in [0.15, 0.2) is 12.4 Å². The topological polar surface area (TPSA) is 50.3 Å². The van der Waals surface area contributed by atoms with Crippen LogP contribution < -0.4 is 10.2 Å². The second kappa shape index (κ2) is 5.93. The van der Waals surface area contributed by atoms with E-state index in [1.165, 1.54) is 0 Å². The Labute approximate surface area is 102 Å². The summed E-state index contributed by atoms with van der Waals surface area (Å²) in [6.45, 7) is 5.56. The fourth-order valence-electron chi connectivity index (χ4n) is 1.98. The lowest BCUT2D eigenvalue weighted by molar-refractivity contribution is 0.0820. The van der Waals surface area contributed by atoms with Crippen molar-refractivity contribution >= 4 is 5.95 Å². The Kier molecular flexibility index (Phi) is 4.28. The highest BCUT2D eigenvalue weighted by atomic mass is 16.5. The van der Waals surface area contributed by atoms with Gasteiger partial charge in [-0.3, -0.25) is 0 Å². The SMILES string of the molecule is CNCc1cnc(N2CCCOC(C)C2)nc1. The first kappa shape index (κ1) is 12.3. The van der Waals surface area contributed by atoms with E-state index in [2.05, 4.69) is 27.1 Å². The van der Waals surface area contributed by atoms with Crippen LogP contribution in [0, 0.1) is 0 Å². The molecular weight excluding hydrogens is 216 g/mol. The largest absolute Gasteiger partial charge is 0.377 e. The number of hydrogen-bond acceptors (Lipinski definition) is 5. The minimum absolute atomic E-state index is 0.248. The van der Waals surface area contributed by atoms with E-state index >= 15 is 0 Å². The molecule has 1 unspecified atom stereocenters. The molecule has 17 heavy (non-hydrogen) atoms. The summed E-state index contributed by atoms with van der Waals surface area (Å²) in [4.78, 5) is 11.0. The van der Waals surface area contributed by atoms with Crippen molar-refractivity contribution in [2.75, 3.05) is 31.6 Å². The van der Waals surface area contributed by atoms with E-state index in [1.807, 2.05) is 19.4 Å². The highest BCUT2D eigenvalue weighted by Gasteiger charge is 2.17. The lowest BCUT2D eigenvalue weighted by atomic mass is 10.3. The third kappa shape index (κ3) is 3.38. The van der Waals surface area contributed by atoms with E-state index in [-0.39, 0.29) is 6.10 Å². The fraction of sp³-hybridized carbons (Fsp3) is 0.667. The van der Waals surface area contributed by atoms with Crippen LogP contribution in [-0.2, 0) is 11.3 Å². The maximum Gasteiger partial charge on any atom is 0.225 e. The number of aromatic nitrogens is 2. The standard InChI is InChI=1S/C12H20N4O/c1-10-9-16(4-3-5-17-10)12-14-7-11(6-13-2)8-15-12/h7-8,10,13H,3-6,9H2,1-2H3. The number of hydrogen-bond donors (Lipinski definition) is 1. The van der Waals surface area contributed by atoms with E-state index in [1.54, 1.807) is 0 Å². The highest BCUT2D eigenvalue weighted by Crippen LogP contribution is 2.12. The van der Waals surface area contributed by atoms with Crippen molar-refractivity contribution in [1.29, 1.82) is 0 Å². The van der Waals surface area contributed by atoms with Gasteiger partial charge in [0.15, 0.2) is 0 Å². The first-order valence-electron chi connectivity index (χ1n) is 6.11. The number of anilines is 1. The van der Waals surface area contributed by atoms with Crippen LogP contribution >= 0.6 is 0 Å². The minimum Gasteiger partial charge on any atom is -0.377 e. The highest BCUT2D eigenvalue weighted by molar-refractivity contribution is 5.30. The molecule has 0 amide bonds. The Bertz CT molecular complexity index is 341. The summed E-state index contributed by atoms with van der Waals surface area (Å²) in [5.74, 6) is 0.808. The lowest BCUT2D eigenvalue weighted by Gasteiger charge is -2.21. The molecule has 1 aliphatic heterocycles. The van der Waals surface area contributed by atoms with Gasteiger partial charge in [-0.1, -0.05) is 0 Å². The van der Waals surface area contributed by atoms with E-state index in [0.29, 0.717) is 0 Å². The van der Waals surface area contributed by atoms with Crippen molar-refractivity contribution in [1.82, 2.24) is 15.3 Å². The van der Waals surface area contributed by atoms with Crippen molar-refractivity contribution in [3.8, 4) is 0 Å². The van der Waals surface area contributed by atoms with Crippen molar-refractivity contribution < 1.29 is 4.74 Å². The minimum atomic E-state index is 0.248. The van der Waals surface area contributed by atoms with Gasteiger partial charge in [0.1, 0.15) is 0 Å². The average molecular weight is 236 g/mol. The molecule has 1 saturated heterocycles. The zero-order chi connectivity index (χ0) is 12.1. The maximum atomic E-state index is 5.61. The van der Waals surface area contributed by atoms with Crippen molar-refractivity contribution in [3.63, 3.8) is 0 Å². The average Bonchev–Trinajstić information content (AvgIpc) is 2.55. The summed E-state index contributed by atoms with van der Waals surface area (Å²) in [5, 5.41) is 3.09. The molecule has 0 radical (unpaired) electrons. The molecule has 94 valence electrons. The van der Waals surface area contributed by atoms with Crippen LogP contribution in [0.25, 0.3) is 0 Å². The molecule has 2 heterocycles. The molecule has 1 aromatic rings. The molecule has 0 spiro atoms. The van der Waals surface area contributed by atoms with Gasteiger partial charge < -0.3 is 15.0 Å². The zero-order valence-electron chi connectivity index (χ0n) is 10.5. The second-order valence-corrected chi connectivity index (χ2v) is 4.40. The Balaban J connectivity index is 2.04. The van der Waals surface area contributed by atoms with Crippen LogP contribution in [0.3, 0.4) is 0 Å². The summed E-state index contributed by atoms with van der Waals surface area (Å²) in [5.41, 5.74) is 1.11. The molecule has 1 aromatic heterocycles. The Morgan fingerprint density at radius 1 is 1.47 bits per heavy atom. The number of nitrogens with zero attached hydrogens (tertiary/aromatic N) is 3. The molecule has 1 atom stereocenters. The summed E-state index contributed by atoms with van der Waals surface area (Å²) in [6, 6.07) is 0. The molecule has 5 nitrogen and oxygen atoms in total. The molecule has 5 heteroatoms. The quantitative estimate of drug-likeness (QED) is 0.841. The molecule has 0 aromatic carbocycles. The normalized spacial score (nSPS) is 21.3. The van der Waals surface area contributed by atoms with Crippen molar-refractivity contribution in [2.45, 2.75) is 26.0 Å². The second-order valence-electron chi connectivity index (χ2n) is 4.40. The van der Waals surface area contributed by atoms with Crippen molar-refractivity contribution in [2.24, 2.45) is 0 Å². The van der Waals surface area contributed by atoms with E-state index in [4.69, 9.17) is 4.74 Å². The van der Waals surface area contributed by atoms with Crippen LogP contribution in [0.5, 0.6) is 0 Å². The molecular formula is C12H20N4O. The molecule has 0 saturated carbocycles. The third-order valence-corrected chi connectivity index (χ3v) is 2.81. The predicted octanol–water partition coefficient (Wildman–Crippen LogP) is 0.811. The fourth-order valence-corrected chi connectivity index (χ4v) is 1.98. The Hall–Kier alpha value is -1.20. The molecule has 1 aliphatic rings. The van der Waals surface area contributed by atoms with E-state index in [9.17, 15) is 0 Å². The molecule has 0 aliphatic carbocycles. The van der Waals surface area contributed by atoms with Gasteiger partial charge in [0.25, 0.3) is 0 Å². The van der Waals surface area contributed by atoms with Gasteiger partial charge >= 0.3 is 0 Å². The number of ether oxygens (including phenoxy) is 1. The van der Waals surface area contributed by atoms with Crippen LogP contribution in [0.1, 0.15) is 18.9 Å². The monoisotopic (exact) mass is 236 g/mol. The van der Waals surface area contributed by atoms with Gasteiger partial charge in [0, 0.05) is 44.2 Å². The van der Waals surface area contributed by atoms with Gasteiger partial charge in [-0.15, -0.1) is 0 Å². The first-order chi connectivity index (χ1) is 8.29. The first-order valence-corrected chi connectivity index (χ1v) is 6.11. The summed E-state index contributed by atoms with van der Waals surface area (Å²) < 4.78 is 5.61. The summed E-state index contributed by atoms with van der Waals surface area (Å²) >= 11 is 0.